The van der Waals surface area contributed by atoms with E-state index in [1.807, 2.05) is 0 Å². The van der Waals surface area contributed by atoms with E-state index in [-0.39, 0.29) is 44.2 Å². The van der Waals surface area contributed by atoms with Gasteiger partial charge in [0, 0.05) is 0 Å². The molecule has 0 bridgehead atoms. The van der Waals surface area contributed by atoms with E-state index in [1.54, 1.807) is 0 Å². The van der Waals surface area contributed by atoms with E-state index in [0.717, 1.165) is 24.3 Å². The number of rotatable bonds is 10. The van der Waals surface area contributed by atoms with Gasteiger partial charge < -0.3 is 11.1 Å². The van der Waals surface area contributed by atoms with Crippen molar-refractivity contribution in [1.82, 2.24) is 15.0 Å². The van der Waals surface area contributed by atoms with Gasteiger partial charge in [-0.25, -0.2) is 12.6 Å². The molecule has 204 valence electrons. The summed E-state index contributed by atoms with van der Waals surface area (Å²) in [5.41, 5.74) is 5.36. The highest BCUT2D eigenvalue weighted by Crippen LogP contribution is 2.35. The number of nitrogens with two attached hydrogens (primary N) is 1. The minimum Gasteiger partial charge on any atom is -0.398 e. The molecular formula is C17H15Cl2N7O9S3. The molecule has 0 unspecified atom stereocenters. The van der Waals surface area contributed by atoms with Gasteiger partial charge in [-0.1, -0.05) is 0 Å². The molecule has 0 radical (unpaired) electrons. The molecule has 0 atom stereocenters. The molecule has 0 aliphatic carbocycles. The number of sulfone groups is 1. The molecule has 0 saturated carbocycles. The Kier molecular flexibility index (Phi) is 8.83. The molecule has 0 aliphatic heterocycles. The predicted molar refractivity (Wildman–Crippen MR) is 134 cm³/mol. The lowest BCUT2D eigenvalue weighted by Crippen LogP contribution is -2.15. The molecule has 21 heteroatoms. The number of azo groups is 1. The first-order valence-electron chi connectivity index (χ1n) is 9.65. The van der Waals surface area contributed by atoms with Gasteiger partial charge >= 0.3 is 10.4 Å². The second-order valence-corrected chi connectivity index (χ2v) is 12.2. The quantitative estimate of drug-likeness (QED) is 0.143. The van der Waals surface area contributed by atoms with E-state index in [4.69, 9.17) is 33.5 Å². The third-order valence-electron chi connectivity index (χ3n) is 4.29. The fourth-order valence-corrected chi connectivity index (χ4v) is 5.16. The van der Waals surface area contributed by atoms with E-state index >= 15 is 0 Å². The highest BCUT2D eigenvalue weighted by Gasteiger charge is 2.19. The molecule has 1 heterocycles. The van der Waals surface area contributed by atoms with E-state index in [9.17, 15) is 29.8 Å². The lowest BCUT2D eigenvalue weighted by atomic mass is 10.2. The largest absolute Gasteiger partial charge is 0.398 e. The molecule has 0 spiro atoms. The summed E-state index contributed by atoms with van der Waals surface area (Å²) in [6.07, 6.45) is 0. The second kappa shape index (κ2) is 11.4. The summed E-state index contributed by atoms with van der Waals surface area (Å²) in [5, 5.41) is 10.0. The smallest absolute Gasteiger partial charge is 0.397 e. The highest BCUT2D eigenvalue weighted by atomic mass is 35.5. The maximum absolute atomic E-state index is 12.3. The maximum atomic E-state index is 12.3. The van der Waals surface area contributed by atoms with Crippen LogP contribution in [0.25, 0.3) is 0 Å². The Bertz CT molecular complexity index is 1700. The summed E-state index contributed by atoms with van der Waals surface area (Å²) >= 11 is 11.5. The van der Waals surface area contributed by atoms with E-state index in [0.29, 0.717) is 0 Å². The molecule has 0 saturated heterocycles. The average Bonchev–Trinajstić information content (AvgIpc) is 2.76. The number of anilines is 3. The molecule has 0 fully saturated rings. The van der Waals surface area contributed by atoms with Crippen molar-refractivity contribution in [2.75, 3.05) is 23.4 Å². The number of nitrogens with one attached hydrogen (secondary N) is 1. The number of halogens is 2. The van der Waals surface area contributed by atoms with Crippen molar-refractivity contribution in [3.8, 4) is 0 Å². The van der Waals surface area contributed by atoms with Crippen LogP contribution in [0.4, 0.5) is 28.7 Å². The first-order valence-corrected chi connectivity index (χ1v) is 14.9. The second-order valence-electron chi connectivity index (χ2n) is 6.97. The first kappa shape index (κ1) is 29.5. The minimum atomic E-state index is -4.79. The highest BCUT2D eigenvalue weighted by molar-refractivity contribution is 7.91. The molecule has 5 N–H and O–H groups in total. The number of hydrogen-bond acceptors (Lipinski definition) is 14. The number of nitrogen functional groups attached to an aromatic ring is 1. The van der Waals surface area contributed by atoms with Crippen LogP contribution in [0.3, 0.4) is 0 Å². The number of benzene rings is 2. The average molecular weight is 628 g/mol. The first-order chi connectivity index (χ1) is 17.5. The lowest BCUT2D eigenvalue weighted by molar-refractivity contribution is 0.284. The molecule has 16 nitrogen and oxygen atoms in total. The third kappa shape index (κ3) is 8.23. The topological polar surface area (TPSA) is 254 Å². The van der Waals surface area contributed by atoms with E-state index in [2.05, 4.69) is 34.7 Å². The Morgan fingerprint density at radius 1 is 0.921 bits per heavy atom. The molecular weight excluding hydrogens is 613 g/mol. The standard InChI is InChI=1S/C17H15Cl2N7O9S3/c18-15-22-16(19)24-17(23-15)21-12-7-11(20)14(37(29,30)31)8-13(12)26-25-9-1-3-10(4-2-9)36(27,28)6-5-35-38(32,33)34/h1-4,7-8H,5-6,20H2,(H,29,30,31)(H,32,33,34)(H,21,22,23,24). The van der Waals surface area contributed by atoms with Gasteiger partial charge in [-0.15, -0.1) is 5.11 Å². The van der Waals surface area contributed by atoms with Crippen LogP contribution in [-0.4, -0.2) is 61.7 Å². The van der Waals surface area contributed by atoms with Gasteiger partial charge in [0.2, 0.25) is 16.5 Å². The summed E-state index contributed by atoms with van der Waals surface area (Å²) in [6, 6.07) is 6.82. The fourth-order valence-electron chi connectivity index (χ4n) is 2.69. The summed E-state index contributed by atoms with van der Waals surface area (Å²) in [4.78, 5) is 10.3. The Labute approximate surface area is 225 Å². The molecule has 3 rings (SSSR count). The van der Waals surface area contributed by atoms with Gasteiger partial charge in [-0.3, -0.25) is 9.11 Å². The van der Waals surface area contributed by atoms with Gasteiger partial charge in [0.05, 0.1) is 34.3 Å². The Hall–Kier alpha value is -3.04. The van der Waals surface area contributed by atoms with Crippen LogP contribution < -0.4 is 11.1 Å². The van der Waals surface area contributed by atoms with Gasteiger partial charge in [0.1, 0.15) is 10.6 Å². The zero-order valence-electron chi connectivity index (χ0n) is 18.4. The van der Waals surface area contributed by atoms with Crippen LogP contribution in [0.1, 0.15) is 0 Å². The molecule has 1 aromatic heterocycles. The van der Waals surface area contributed by atoms with Crippen molar-refractivity contribution in [3.63, 3.8) is 0 Å². The van der Waals surface area contributed by atoms with E-state index in [1.165, 1.54) is 12.1 Å². The van der Waals surface area contributed by atoms with Gasteiger partial charge in [0.15, 0.2) is 9.84 Å². The lowest BCUT2D eigenvalue weighted by Gasteiger charge is -2.11. The van der Waals surface area contributed by atoms with Crippen LogP contribution in [0.5, 0.6) is 0 Å². The Balaban J connectivity index is 1.92. The number of hydrogen-bond donors (Lipinski definition) is 4. The molecule has 0 amide bonds. The molecule has 3 aromatic rings. The van der Waals surface area contributed by atoms with Crippen LogP contribution in [0.2, 0.25) is 10.6 Å². The predicted octanol–water partition coefficient (Wildman–Crippen LogP) is 2.76. The molecule has 0 aliphatic rings. The van der Waals surface area contributed by atoms with Crippen LogP contribution in [-0.2, 0) is 34.5 Å². The van der Waals surface area contributed by atoms with Gasteiger partial charge in [-0.2, -0.15) is 36.9 Å². The van der Waals surface area contributed by atoms with Crippen LogP contribution >= 0.6 is 23.2 Å². The summed E-state index contributed by atoms with van der Waals surface area (Å²) in [7, 11) is -13.5. The number of aromatic nitrogens is 3. The SMILES string of the molecule is Nc1cc(Nc2nc(Cl)nc(Cl)n2)c(N=Nc2ccc(S(=O)(=O)CCOS(=O)(=O)O)cc2)cc1S(=O)(=O)O. The van der Waals surface area contributed by atoms with Crippen LogP contribution in [0.15, 0.2) is 56.4 Å². The summed E-state index contributed by atoms with van der Waals surface area (Å²) < 4.78 is 91.1. The Morgan fingerprint density at radius 3 is 2.08 bits per heavy atom. The molecule has 2 aromatic carbocycles. The maximum Gasteiger partial charge on any atom is 0.397 e. The summed E-state index contributed by atoms with van der Waals surface area (Å²) in [6.45, 7) is -0.802. The normalized spacial score (nSPS) is 12.6. The van der Waals surface area contributed by atoms with E-state index < -0.39 is 47.6 Å². The number of nitrogens with zero attached hydrogens (tertiary/aromatic N) is 5. The Morgan fingerprint density at radius 2 is 1.53 bits per heavy atom. The van der Waals surface area contributed by atoms with Crippen LogP contribution in [0, 0.1) is 0 Å². The fraction of sp³-hybridized carbons (Fsp3) is 0.118. The van der Waals surface area contributed by atoms with Crippen molar-refractivity contribution in [2.24, 2.45) is 10.2 Å². The minimum absolute atomic E-state index is 0.0232. The van der Waals surface area contributed by atoms with Gasteiger partial charge in [-0.05, 0) is 59.6 Å². The van der Waals surface area contributed by atoms with Crippen molar-refractivity contribution >= 4 is 82.3 Å². The molecule has 38 heavy (non-hydrogen) atoms. The van der Waals surface area contributed by atoms with Gasteiger partial charge in [0.25, 0.3) is 10.1 Å². The zero-order valence-corrected chi connectivity index (χ0v) is 22.4. The van der Waals surface area contributed by atoms with Crippen molar-refractivity contribution in [2.45, 2.75) is 9.79 Å². The van der Waals surface area contributed by atoms with Crippen molar-refractivity contribution < 1.29 is 38.5 Å². The summed E-state index contributed by atoms with van der Waals surface area (Å²) in [5.74, 6) is -0.893. The zero-order chi connectivity index (χ0) is 28.3. The van der Waals surface area contributed by atoms with Crippen molar-refractivity contribution in [3.05, 3.63) is 47.0 Å². The third-order valence-corrected chi connectivity index (χ3v) is 7.69. The monoisotopic (exact) mass is 627 g/mol. The van der Waals surface area contributed by atoms with Crippen molar-refractivity contribution in [1.29, 1.82) is 0 Å².